The number of rotatable bonds is 5. The Hall–Kier alpha value is -1.62. The quantitative estimate of drug-likeness (QED) is 0.656. The van der Waals surface area contributed by atoms with Crippen LogP contribution in [-0.2, 0) is 0 Å². The maximum Gasteiger partial charge on any atom is 0.146 e. The fourth-order valence-electron chi connectivity index (χ4n) is 2.23. The molecule has 2 aromatic carbocycles. The minimum atomic E-state index is -0.460. The van der Waals surface area contributed by atoms with Gasteiger partial charge < -0.3 is 4.74 Å². The molecule has 0 bridgehead atoms. The van der Waals surface area contributed by atoms with E-state index >= 15 is 0 Å². The van der Waals surface area contributed by atoms with Crippen molar-refractivity contribution in [2.75, 3.05) is 0 Å². The summed E-state index contributed by atoms with van der Waals surface area (Å²) < 4.78 is 19.8. The lowest BCUT2D eigenvalue weighted by Gasteiger charge is -2.18. The van der Waals surface area contributed by atoms with Gasteiger partial charge in [-0.15, -0.1) is 0 Å². The van der Waals surface area contributed by atoms with Crippen molar-refractivity contribution < 1.29 is 9.13 Å². The first kappa shape index (κ1) is 14.3. The summed E-state index contributed by atoms with van der Waals surface area (Å²) >= 11 is 5.83. The predicted octanol–water partition coefficient (Wildman–Crippen LogP) is 3.57. The molecule has 1 fully saturated rings. The van der Waals surface area contributed by atoms with E-state index in [2.05, 4.69) is 5.43 Å². The zero-order valence-corrected chi connectivity index (χ0v) is 12.1. The van der Waals surface area contributed by atoms with Gasteiger partial charge in [-0.25, -0.2) is 9.82 Å². The monoisotopic (exact) mass is 306 g/mol. The van der Waals surface area contributed by atoms with E-state index in [1.165, 1.54) is 6.07 Å². The molecule has 1 atom stereocenters. The van der Waals surface area contributed by atoms with Gasteiger partial charge in [0, 0.05) is 5.56 Å². The molecular weight excluding hydrogens is 291 g/mol. The van der Waals surface area contributed by atoms with Crippen LogP contribution in [0.4, 0.5) is 4.39 Å². The van der Waals surface area contributed by atoms with Gasteiger partial charge >= 0.3 is 0 Å². The Labute approximate surface area is 127 Å². The molecule has 1 unspecified atom stereocenters. The Morgan fingerprint density at radius 1 is 1.19 bits per heavy atom. The molecule has 0 radical (unpaired) electrons. The molecule has 5 heteroatoms. The molecule has 3 rings (SSSR count). The van der Waals surface area contributed by atoms with E-state index in [0.29, 0.717) is 11.7 Å². The number of hydrogen-bond donors (Lipinski definition) is 2. The summed E-state index contributed by atoms with van der Waals surface area (Å²) in [6.07, 6.45) is 2.58. The van der Waals surface area contributed by atoms with E-state index in [-0.39, 0.29) is 5.02 Å². The van der Waals surface area contributed by atoms with Crippen LogP contribution in [0.1, 0.15) is 30.0 Å². The fourth-order valence-corrected chi connectivity index (χ4v) is 2.41. The lowest BCUT2D eigenvalue weighted by molar-refractivity contribution is 0.303. The normalized spacial score (nSPS) is 15.8. The summed E-state index contributed by atoms with van der Waals surface area (Å²) in [6, 6.07) is 11.9. The number of nitrogens with one attached hydrogen (secondary N) is 1. The van der Waals surface area contributed by atoms with Gasteiger partial charge in [-0.3, -0.25) is 5.84 Å². The molecule has 3 N–H and O–H groups in total. The third-order valence-corrected chi connectivity index (χ3v) is 3.79. The zero-order valence-electron chi connectivity index (χ0n) is 11.4. The highest BCUT2D eigenvalue weighted by molar-refractivity contribution is 6.30. The average molecular weight is 307 g/mol. The first-order valence-corrected chi connectivity index (χ1v) is 7.23. The van der Waals surface area contributed by atoms with Crippen molar-refractivity contribution >= 4 is 11.6 Å². The molecule has 1 aliphatic rings. The van der Waals surface area contributed by atoms with E-state index in [4.69, 9.17) is 22.2 Å². The van der Waals surface area contributed by atoms with Crippen LogP contribution >= 0.6 is 11.6 Å². The highest BCUT2D eigenvalue weighted by Gasteiger charge is 2.24. The summed E-state index contributed by atoms with van der Waals surface area (Å²) in [5.74, 6) is 5.96. The molecule has 1 saturated carbocycles. The summed E-state index contributed by atoms with van der Waals surface area (Å²) in [7, 11) is 0. The van der Waals surface area contributed by atoms with E-state index in [1.54, 1.807) is 12.1 Å². The molecule has 3 nitrogen and oxygen atoms in total. The van der Waals surface area contributed by atoms with Gasteiger partial charge in [0.1, 0.15) is 11.6 Å². The Morgan fingerprint density at radius 2 is 1.90 bits per heavy atom. The van der Waals surface area contributed by atoms with Crippen LogP contribution in [0.3, 0.4) is 0 Å². The smallest absolute Gasteiger partial charge is 0.146 e. The molecule has 0 saturated heterocycles. The predicted molar refractivity (Wildman–Crippen MR) is 80.7 cm³/mol. The van der Waals surface area contributed by atoms with Gasteiger partial charge in [-0.1, -0.05) is 35.9 Å². The van der Waals surface area contributed by atoms with E-state index < -0.39 is 11.9 Å². The molecule has 0 spiro atoms. The minimum Gasteiger partial charge on any atom is -0.490 e. The van der Waals surface area contributed by atoms with Gasteiger partial charge in [0.05, 0.1) is 17.2 Å². The Kier molecular flexibility index (Phi) is 4.10. The first-order chi connectivity index (χ1) is 10.2. The van der Waals surface area contributed by atoms with Crippen LogP contribution in [0.2, 0.25) is 5.02 Å². The van der Waals surface area contributed by atoms with E-state index in [0.717, 1.165) is 24.2 Å². The maximum absolute atomic E-state index is 14.1. The van der Waals surface area contributed by atoms with Gasteiger partial charge in [0.15, 0.2) is 0 Å². The number of benzene rings is 2. The first-order valence-electron chi connectivity index (χ1n) is 6.85. The molecule has 0 aromatic heterocycles. The second kappa shape index (κ2) is 6.02. The second-order valence-corrected chi connectivity index (χ2v) is 5.54. The molecule has 110 valence electrons. The summed E-state index contributed by atoms with van der Waals surface area (Å²) in [5.41, 5.74) is 3.90. The van der Waals surface area contributed by atoms with Crippen molar-refractivity contribution in [1.29, 1.82) is 0 Å². The summed E-state index contributed by atoms with van der Waals surface area (Å²) in [6.45, 7) is 0. The van der Waals surface area contributed by atoms with Crippen LogP contribution in [0.5, 0.6) is 5.75 Å². The van der Waals surface area contributed by atoms with Crippen LogP contribution in [-0.4, -0.2) is 6.10 Å². The van der Waals surface area contributed by atoms with Crippen molar-refractivity contribution in [2.45, 2.75) is 25.0 Å². The lowest BCUT2D eigenvalue weighted by Crippen LogP contribution is -2.29. The average Bonchev–Trinajstić information content (AvgIpc) is 3.30. The summed E-state index contributed by atoms with van der Waals surface area (Å²) in [4.78, 5) is 0. The number of hydrogen-bond acceptors (Lipinski definition) is 3. The second-order valence-electron chi connectivity index (χ2n) is 5.13. The highest BCUT2D eigenvalue weighted by atomic mass is 35.5. The third-order valence-electron chi connectivity index (χ3n) is 3.50. The molecule has 21 heavy (non-hydrogen) atoms. The Morgan fingerprint density at radius 3 is 2.52 bits per heavy atom. The molecule has 1 aliphatic carbocycles. The molecule has 0 amide bonds. The number of nitrogens with two attached hydrogens (primary N) is 1. The fraction of sp³-hybridized carbons (Fsp3) is 0.250. The van der Waals surface area contributed by atoms with Gasteiger partial charge in [-0.05, 0) is 36.6 Å². The van der Waals surface area contributed by atoms with Gasteiger partial charge in [0.25, 0.3) is 0 Å². The lowest BCUT2D eigenvalue weighted by atomic mass is 9.99. The standard InChI is InChI=1S/C16H16ClFN2O/c17-14-3-1-2-13(15(14)18)16(20-19)10-4-6-11(7-5-10)21-12-8-9-12/h1-7,12,16,20H,8-9,19H2. The third kappa shape index (κ3) is 3.18. The maximum atomic E-state index is 14.1. The zero-order chi connectivity index (χ0) is 14.8. The molecule has 0 aliphatic heterocycles. The highest BCUT2D eigenvalue weighted by Crippen LogP contribution is 2.30. The molecule has 2 aromatic rings. The van der Waals surface area contributed by atoms with Crippen molar-refractivity contribution in [3.8, 4) is 5.75 Å². The minimum absolute atomic E-state index is 0.0847. The molecular formula is C16H16ClFN2O. The van der Waals surface area contributed by atoms with Crippen LogP contribution in [0, 0.1) is 5.82 Å². The molecule has 0 heterocycles. The van der Waals surface area contributed by atoms with Gasteiger partial charge in [0.2, 0.25) is 0 Å². The van der Waals surface area contributed by atoms with Crippen molar-refractivity contribution in [3.63, 3.8) is 0 Å². The Balaban J connectivity index is 1.86. The summed E-state index contributed by atoms with van der Waals surface area (Å²) in [5, 5.41) is 0.0847. The largest absolute Gasteiger partial charge is 0.490 e. The van der Waals surface area contributed by atoms with E-state index in [9.17, 15) is 4.39 Å². The SMILES string of the molecule is NNC(c1ccc(OC2CC2)cc1)c1cccc(Cl)c1F. The topological polar surface area (TPSA) is 47.3 Å². The van der Waals surface area contributed by atoms with Gasteiger partial charge in [-0.2, -0.15) is 0 Å². The van der Waals surface area contributed by atoms with Crippen LogP contribution < -0.4 is 16.0 Å². The number of hydrazine groups is 1. The van der Waals surface area contributed by atoms with Crippen molar-refractivity contribution in [3.05, 3.63) is 64.4 Å². The van der Waals surface area contributed by atoms with Crippen LogP contribution in [0.15, 0.2) is 42.5 Å². The Bertz CT molecular complexity index is 629. The van der Waals surface area contributed by atoms with Crippen molar-refractivity contribution in [1.82, 2.24) is 5.43 Å². The number of ether oxygens (including phenoxy) is 1. The van der Waals surface area contributed by atoms with Crippen molar-refractivity contribution in [2.24, 2.45) is 5.84 Å². The van der Waals surface area contributed by atoms with Crippen LogP contribution in [0.25, 0.3) is 0 Å². The number of halogens is 2. The van der Waals surface area contributed by atoms with E-state index in [1.807, 2.05) is 24.3 Å².